The molecule has 21 heavy (non-hydrogen) atoms. The summed E-state index contributed by atoms with van der Waals surface area (Å²) in [6.07, 6.45) is 0.829. The van der Waals surface area contributed by atoms with Gasteiger partial charge in [0, 0.05) is 23.4 Å². The number of aryl methyl sites for hydroxylation is 1. The zero-order valence-electron chi connectivity index (χ0n) is 11.7. The van der Waals surface area contributed by atoms with Gasteiger partial charge in [-0.25, -0.2) is 0 Å². The van der Waals surface area contributed by atoms with Crippen LogP contribution in [0.1, 0.15) is 35.2 Å². The van der Waals surface area contributed by atoms with Crippen LogP contribution in [0.3, 0.4) is 0 Å². The average Bonchev–Trinajstić information content (AvgIpc) is 2.76. The number of nitro groups is 1. The second-order valence-corrected chi connectivity index (χ2v) is 5.43. The summed E-state index contributed by atoms with van der Waals surface area (Å²) in [5, 5.41) is 14.3. The van der Waals surface area contributed by atoms with Crippen molar-refractivity contribution in [3.63, 3.8) is 0 Å². The summed E-state index contributed by atoms with van der Waals surface area (Å²) < 4.78 is 0. The van der Waals surface area contributed by atoms with E-state index >= 15 is 0 Å². The van der Waals surface area contributed by atoms with Crippen LogP contribution >= 0.6 is 0 Å². The third kappa shape index (κ3) is 2.48. The van der Waals surface area contributed by atoms with E-state index in [-0.39, 0.29) is 22.7 Å². The Morgan fingerprint density at radius 2 is 1.95 bits per heavy atom. The number of benzene rings is 2. The summed E-state index contributed by atoms with van der Waals surface area (Å²) >= 11 is 0. The number of rotatable bonds is 3. The van der Waals surface area contributed by atoms with E-state index in [2.05, 4.69) is 17.4 Å². The van der Waals surface area contributed by atoms with Crippen LogP contribution in [-0.4, -0.2) is 4.92 Å². The molecule has 0 spiro atoms. The van der Waals surface area contributed by atoms with Gasteiger partial charge in [-0.2, -0.15) is 0 Å². The van der Waals surface area contributed by atoms with Gasteiger partial charge in [-0.1, -0.05) is 24.3 Å². The zero-order chi connectivity index (χ0) is 15.0. The average molecular weight is 283 g/mol. The number of hydrogen-bond acceptors (Lipinski definition) is 4. The molecule has 1 aliphatic rings. The van der Waals surface area contributed by atoms with Crippen LogP contribution in [0.2, 0.25) is 0 Å². The summed E-state index contributed by atoms with van der Waals surface area (Å²) in [7, 11) is 0. The Bertz CT molecular complexity index is 700. The van der Waals surface area contributed by atoms with Gasteiger partial charge in [0.25, 0.3) is 5.69 Å². The van der Waals surface area contributed by atoms with Crippen LogP contribution < -0.4 is 11.1 Å². The Balaban J connectivity index is 1.85. The summed E-state index contributed by atoms with van der Waals surface area (Å²) in [4.78, 5) is 10.5. The van der Waals surface area contributed by atoms with Gasteiger partial charge in [0.1, 0.15) is 0 Å². The molecule has 0 amide bonds. The fraction of sp³-hybridized carbons (Fsp3) is 0.250. The molecule has 2 atom stereocenters. The number of anilines is 1. The van der Waals surface area contributed by atoms with Crippen LogP contribution in [0.5, 0.6) is 0 Å². The lowest BCUT2D eigenvalue weighted by Crippen LogP contribution is -2.10. The van der Waals surface area contributed by atoms with Gasteiger partial charge in [-0.3, -0.25) is 10.1 Å². The van der Waals surface area contributed by atoms with Crippen molar-refractivity contribution in [1.29, 1.82) is 0 Å². The maximum absolute atomic E-state index is 10.9. The fourth-order valence-electron chi connectivity index (χ4n) is 2.96. The molecule has 2 aromatic rings. The third-order valence-corrected chi connectivity index (χ3v) is 3.99. The van der Waals surface area contributed by atoms with E-state index < -0.39 is 0 Å². The minimum absolute atomic E-state index is 0.0397. The molecule has 0 saturated heterocycles. The number of hydrogen-bond donors (Lipinski definition) is 2. The Labute approximate surface area is 122 Å². The fourth-order valence-corrected chi connectivity index (χ4v) is 2.96. The molecular formula is C16H17N3O2. The molecule has 0 saturated carbocycles. The van der Waals surface area contributed by atoms with Gasteiger partial charge in [0.05, 0.1) is 11.0 Å². The molecule has 5 nitrogen and oxygen atoms in total. The van der Waals surface area contributed by atoms with Crippen molar-refractivity contribution in [2.45, 2.75) is 25.4 Å². The molecule has 0 radical (unpaired) electrons. The molecular weight excluding hydrogens is 266 g/mol. The van der Waals surface area contributed by atoms with Crippen molar-refractivity contribution in [1.82, 2.24) is 0 Å². The lowest BCUT2D eigenvalue weighted by molar-refractivity contribution is -0.385. The van der Waals surface area contributed by atoms with E-state index in [1.165, 1.54) is 11.1 Å². The van der Waals surface area contributed by atoms with E-state index in [4.69, 9.17) is 5.73 Å². The van der Waals surface area contributed by atoms with Crippen molar-refractivity contribution in [3.05, 3.63) is 69.3 Å². The van der Waals surface area contributed by atoms with Crippen LogP contribution in [0.15, 0.2) is 42.5 Å². The first-order valence-corrected chi connectivity index (χ1v) is 6.92. The van der Waals surface area contributed by atoms with Crippen molar-refractivity contribution in [2.24, 2.45) is 5.73 Å². The molecule has 0 aliphatic heterocycles. The van der Waals surface area contributed by atoms with E-state index in [0.29, 0.717) is 5.56 Å². The maximum Gasteiger partial charge on any atom is 0.272 e. The molecule has 3 N–H and O–H groups in total. The summed E-state index contributed by atoms with van der Waals surface area (Å²) in [5.74, 6) is 0. The minimum Gasteiger partial charge on any atom is -0.378 e. The van der Waals surface area contributed by atoms with Crippen molar-refractivity contribution < 1.29 is 4.92 Å². The van der Waals surface area contributed by atoms with Gasteiger partial charge >= 0.3 is 0 Å². The van der Waals surface area contributed by atoms with Gasteiger partial charge in [-0.05, 0) is 36.6 Å². The lowest BCUT2D eigenvalue weighted by atomic mass is 10.1. The van der Waals surface area contributed by atoms with Crippen molar-refractivity contribution in [2.75, 3.05) is 5.32 Å². The zero-order valence-corrected chi connectivity index (χ0v) is 11.7. The van der Waals surface area contributed by atoms with E-state index in [1.807, 2.05) is 18.2 Å². The van der Waals surface area contributed by atoms with Gasteiger partial charge in [0.2, 0.25) is 0 Å². The predicted octanol–water partition coefficient (Wildman–Crippen LogP) is 3.46. The molecule has 2 aromatic carbocycles. The van der Waals surface area contributed by atoms with Crippen LogP contribution in [0.25, 0.3) is 0 Å². The Morgan fingerprint density at radius 1 is 1.24 bits per heavy atom. The predicted molar refractivity (Wildman–Crippen MR) is 82.2 cm³/mol. The maximum atomic E-state index is 10.9. The number of nitrogens with two attached hydrogens (primary N) is 1. The highest BCUT2D eigenvalue weighted by atomic mass is 16.6. The molecule has 3 rings (SSSR count). The second-order valence-electron chi connectivity index (χ2n) is 5.43. The van der Waals surface area contributed by atoms with Gasteiger partial charge < -0.3 is 11.1 Å². The summed E-state index contributed by atoms with van der Waals surface area (Å²) in [6.45, 7) is 1.75. The van der Waals surface area contributed by atoms with Crippen LogP contribution in [-0.2, 0) is 0 Å². The number of fused-ring (bicyclic) bond motifs is 1. The Kier molecular flexibility index (Phi) is 3.35. The van der Waals surface area contributed by atoms with E-state index in [0.717, 1.165) is 12.1 Å². The second kappa shape index (κ2) is 5.18. The topological polar surface area (TPSA) is 81.2 Å². The van der Waals surface area contributed by atoms with E-state index in [1.54, 1.807) is 19.1 Å². The Morgan fingerprint density at radius 3 is 2.62 bits per heavy atom. The molecule has 0 aromatic heterocycles. The molecule has 0 heterocycles. The third-order valence-electron chi connectivity index (χ3n) is 3.99. The normalized spacial score (nSPS) is 20.1. The van der Waals surface area contributed by atoms with E-state index in [9.17, 15) is 10.1 Å². The molecule has 1 aliphatic carbocycles. The number of nitrogens with one attached hydrogen (secondary N) is 1. The van der Waals surface area contributed by atoms with Crippen molar-refractivity contribution >= 4 is 11.4 Å². The minimum atomic E-state index is -0.361. The molecule has 5 heteroatoms. The summed E-state index contributed by atoms with van der Waals surface area (Å²) in [6, 6.07) is 13.4. The van der Waals surface area contributed by atoms with Crippen LogP contribution in [0, 0.1) is 17.0 Å². The highest BCUT2D eigenvalue weighted by Gasteiger charge is 2.28. The lowest BCUT2D eigenvalue weighted by Gasteiger charge is -2.16. The highest BCUT2D eigenvalue weighted by Crippen LogP contribution is 2.39. The highest BCUT2D eigenvalue weighted by molar-refractivity contribution is 5.55. The largest absolute Gasteiger partial charge is 0.378 e. The Hall–Kier alpha value is -2.40. The van der Waals surface area contributed by atoms with Crippen LogP contribution in [0.4, 0.5) is 11.4 Å². The number of nitrogens with zero attached hydrogens (tertiary/aromatic N) is 1. The molecule has 2 unspecified atom stereocenters. The first kappa shape index (κ1) is 13.6. The molecule has 0 bridgehead atoms. The van der Waals surface area contributed by atoms with Crippen molar-refractivity contribution in [3.8, 4) is 0 Å². The monoisotopic (exact) mass is 283 g/mol. The first-order chi connectivity index (χ1) is 10.1. The smallest absolute Gasteiger partial charge is 0.272 e. The number of nitro benzene ring substituents is 1. The van der Waals surface area contributed by atoms with Gasteiger partial charge in [-0.15, -0.1) is 0 Å². The summed E-state index contributed by atoms with van der Waals surface area (Å²) in [5.41, 5.74) is 10.2. The SMILES string of the molecule is Cc1cc(NC2CC(N)c3ccccc32)ccc1[N+](=O)[O-]. The first-order valence-electron chi connectivity index (χ1n) is 6.92. The molecule has 0 fully saturated rings. The quantitative estimate of drug-likeness (QED) is 0.667. The standard InChI is InChI=1S/C16H17N3O2/c1-10-8-11(6-7-16(10)19(20)21)18-15-9-14(17)12-4-2-3-5-13(12)15/h2-8,14-15,18H,9,17H2,1H3. The molecule has 108 valence electrons. The van der Waals surface area contributed by atoms with Gasteiger partial charge in [0.15, 0.2) is 0 Å².